The molecule has 0 unspecified atom stereocenters. The van der Waals surface area contributed by atoms with Gasteiger partial charge in [0.1, 0.15) is 18.1 Å². The van der Waals surface area contributed by atoms with Crippen molar-refractivity contribution in [3.05, 3.63) is 58.3 Å². The van der Waals surface area contributed by atoms with Gasteiger partial charge in [-0.1, -0.05) is 28.1 Å². The van der Waals surface area contributed by atoms with Crippen LogP contribution in [0.1, 0.15) is 21.7 Å². The van der Waals surface area contributed by atoms with Crippen LogP contribution in [-0.4, -0.2) is 22.3 Å². The minimum atomic E-state index is -0.142. The number of nitrogens with zero attached hydrogens (tertiary/aromatic N) is 2. The van der Waals surface area contributed by atoms with Crippen LogP contribution in [0.15, 0.2) is 41.4 Å². The second-order valence-corrected chi connectivity index (χ2v) is 5.33. The Morgan fingerprint density at radius 2 is 2.27 bits per heavy atom. The number of nitrogens with one attached hydrogen (secondary N) is 1. The quantitative estimate of drug-likeness (QED) is 0.858. The Labute approximate surface area is 138 Å². The molecule has 0 bridgehead atoms. The highest BCUT2D eigenvalue weighted by Gasteiger charge is 2.11. The molecule has 0 saturated heterocycles. The Kier molecular flexibility index (Phi) is 5.77. The zero-order valence-corrected chi connectivity index (χ0v) is 14.1. The van der Waals surface area contributed by atoms with Gasteiger partial charge in [-0.15, -0.1) is 0 Å². The first-order valence-corrected chi connectivity index (χ1v) is 7.77. The summed E-state index contributed by atoms with van der Waals surface area (Å²) >= 11 is 3.19. The lowest BCUT2D eigenvalue weighted by atomic mass is 10.2. The number of hydrogen-bond acceptors (Lipinski definition) is 3. The van der Waals surface area contributed by atoms with E-state index in [1.54, 1.807) is 22.8 Å². The van der Waals surface area contributed by atoms with E-state index in [-0.39, 0.29) is 5.91 Å². The van der Waals surface area contributed by atoms with Crippen molar-refractivity contribution < 1.29 is 9.53 Å². The number of aromatic nitrogens is 2. The molecule has 22 heavy (non-hydrogen) atoms. The van der Waals surface area contributed by atoms with E-state index >= 15 is 0 Å². The monoisotopic (exact) mass is 363 g/mol. The van der Waals surface area contributed by atoms with Crippen molar-refractivity contribution in [1.82, 2.24) is 15.1 Å². The van der Waals surface area contributed by atoms with Crippen LogP contribution in [0.5, 0.6) is 5.75 Å². The standard InChI is InChI=1S/C16H18BrN3O2/c1-12-9-15(20(2)19-12)16(21)18-11-13-5-3-6-14(10-13)22-8-4-7-17/h3-7,9-10H,8,11H2,1-2H3,(H,18,21). The molecular formula is C16H18BrN3O2. The van der Waals surface area contributed by atoms with Crippen LogP contribution in [0, 0.1) is 6.92 Å². The topological polar surface area (TPSA) is 56.1 Å². The van der Waals surface area contributed by atoms with E-state index in [0.717, 1.165) is 17.0 Å². The second kappa shape index (κ2) is 7.79. The van der Waals surface area contributed by atoms with Gasteiger partial charge in [-0.3, -0.25) is 9.48 Å². The molecule has 1 N–H and O–H groups in total. The molecule has 6 heteroatoms. The van der Waals surface area contributed by atoms with Crippen LogP contribution >= 0.6 is 15.9 Å². The normalized spacial score (nSPS) is 10.9. The van der Waals surface area contributed by atoms with Gasteiger partial charge < -0.3 is 10.1 Å². The zero-order chi connectivity index (χ0) is 15.9. The molecule has 1 aromatic heterocycles. The summed E-state index contributed by atoms with van der Waals surface area (Å²) in [4.78, 5) is 13.9. The van der Waals surface area contributed by atoms with E-state index in [1.165, 1.54) is 0 Å². The first kappa shape index (κ1) is 16.3. The van der Waals surface area contributed by atoms with Crippen LogP contribution in [0.3, 0.4) is 0 Å². The molecule has 1 amide bonds. The third kappa shape index (κ3) is 4.46. The summed E-state index contributed by atoms with van der Waals surface area (Å²) in [5.74, 6) is 0.630. The Morgan fingerprint density at radius 3 is 2.95 bits per heavy atom. The third-order valence-corrected chi connectivity index (χ3v) is 3.40. The molecule has 116 valence electrons. The van der Waals surface area contributed by atoms with E-state index in [0.29, 0.717) is 18.8 Å². The summed E-state index contributed by atoms with van der Waals surface area (Å²) in [6, 6.07) is 9.42. The molecule has 0 aliphatic rings. The molecule has 0 spiro atoms. The number of amides is 1. The molecule has 0 saturated carbocycles. The van der Waals surface area contributed by atoms with Gasteiger partial charge in [-0.2, -0.15) is 5.10 Å². The van der Waals surface area contributed by atoms with E-state index < -0.39 is 0 Å². The third-order valence-electron chi connectivity index (χ3n) is 3.02. The summed E-state index contributed by atoms with van der Waals surface area (Å²) in [6.07, 6.45) is 1.86. The Morgan fingerprint density at radius 1 is 1.45 bits per heavy atom. The van der Waals surface area contributed by atoms with Crippen molar-refractivity contribution in [3.8, 4) is 5.75 Å². The summed E-state index contributed by atoms with van der Waals surface area (Å²) in [7, 11) is 1.76. The van der Waals surface area contributed by atoms with E-state index in [9.17, 15) is 4.79 Å². The summed E-state index contributed by atoms with van der Waals surface area (Å²) in [5, 5.41) is 7.06. The van der Waals surface area contributed by atoms with Gasteiger partial charge >= 0.3 is 0 Å². The fourth-order valence-electron chi connectivity index (χ4n) is 2.02. The number of hydrogen-bond donors (Lipinski definition) is 1. The van der Waals surface area contributed by atoms with Gasteiger partial charge in [0.25, 0.3) is 5.91 Å². The van der Waals surface area contributed by atoms with Crippen molar-refractivity contribution >= 4 is 21.8 Å². The molecule has 1 heterocycles. The molecule has 1 aromatic carbocycles. The molecule has 2 aromatic rings. The molecule has 2 rings (SSSR count). The lowest BCUT2D eigenvalue weighted by molar-refractivity contribution is 0.0941. The van der Waals surface area contributed by atoms with E-state index in [1.807, 2.05) is 37.3 Å². The summed E-state index contributed by atoms with van der Waals surface area (Å²) in [5.41, 5.74) is 2.35. The van der Waals surface area contributed by atoms with Gasteiger partial charge in [0, 0.05) is 13.6 Å². The summed E-state index contributed by atoms with van der Waals surface area (Å²) < 4.78 is 7.14. The predicted octanol–water partition coefficient (Wildman–Crippen LogP) is 2.95. The fourth-order valence-corrected chi connectivity index (χ4v) is 2.17. The van der Waals surface area contributed by atoms with Crippen LogP contribution < -0.4 is 10.1 Å². The SMILES string of the molecule is Cc1cc(C(=O)NCc2cccc(OCC=CBr)c2)n(C)n1. The number of carbonyl (C=O) groups excluding carboxylic acids is 1. The molecule has 0 radical (unpaired) electrons. The van der Waals surface area contributed by atoms with Gasteiger partial charge in [-0.25, -0.2) is 0 Å². The van der Waals surface area contributed by atoms with Crippen LogP contribution in [0.2, 0.25) is 0 Å². The van der Waals surface area contributed by atoms with Gasteiger partial charge in [0.2, 0.25) is 0 Å². The number of ether oxygens (including phenoxy) is 1. The van der Waals surface area contributed by atoms with Crippen LogP contribution in [0.4, 0.5) is 0 Å². The maximum absolute atomic E-state index is 12.1. The lowest BCUT2D eigenvalue weighted by Gasteiger charge is -2.08. The highest BCUT2D eigenvalue weighted by molar-refractivity contribution is 9.11. The van der Waals surface area contributed by atoms with Crippen molar-refractivity contribution in [2.45, 2.75) is 13.5 Å². The molecule has 0 atom stereocenters. The molecule has 0 fully saturated rings. The Bertz CT molecular complexity index is 680. The van der Waals surface area contributed by atoms with Crippen molar-refractivity contribution in [2.24, 2.45) is 7.05 Å². The maximum atomic E-state index is 12.1. The first-order valence-electron chi connectivity index (χ1n) is 6.86. The minimum absolute atomic E-state index is 0.142. The van der Waals surface area contributed by atoms with Gasteiger partial charge in [-0.05, 0) is 41.7 Å². The van der Waals surface area contributed by atoms with Crippen molar-refractivity contribution in [2.75, 3.05) is 6.61 Å². The number of aryl methyl sites for hydroxylation is 2. The van der Waals surface area contributed by atoms with Gasteiger partial charge in [0.05, 0.1) is 5.69 Å². The highest BCUT2D eigenvalue weighted by atomic mass is 79.9. The number of carbonyl (C=O) groups is 1. The Hall–Kier alpha value is -2.08. The second-order valence-electron chi connectivity index (χ2n) is 4.80. The predicted molar refractivity (Wildman–Crippen MR) is 89.1 cm³/mol. The zero-order valence-electron chi connectivity index (χ0n) is 12.5. The molecule has 5 nitrogen and oxygen atoms in total. The molecule has 0 aliphatic carbocycles. The average molecular weight is 364 g/mol. The van der Waals surface area contributed by atoms with Crippen LogP contribution in [-0.2, 0) is 13.6 Å². The van der Waals surface area contributed by atoms with Crippen LogP contribution in [0.25, 0.3) is 0 Å². The van der Waals surface area contributed by atoms with E-state index in [4.69, 9.17) is 4.74 Å². The number of halogens is 1. The summed E-state index contributed by atoms with van der Waals surface area (Å²) in [6.45, 7) is 2.79. The number of benzene rings is 1. The minimum Gasteiger partial charge on any atom is -0.490 e. The van der Waals surface area contributed by atoms with E-state index in [2.05, 4.69) is 26.3 Å². The van der Waals surface area contributed by atoms with Crippen molar-refractivity contribution in [3.63, 3.8) is 0 Å². The fraction of sp³-hybridized carbons (Fsp3) is 0.250. The molecular weight excluding hydrogens is 346 g/mol. The smallest absolute Gasteiger partial charge is 0.269 e. The van der Waals surface area contributed by atoms with Crippen molar-refractivity contribution in [1.29, 1.82) is 0 Å². The maximum Gasteiger partial charge on any atom is 0.269 e. The number of rotatable bonds is 6. The first-order chi connectivity index (χ1) is 10.6. The average Bonchev–Trinajstić information content (AvgIpc) is 2.84. The lowest BCUT2D eigenvalue weighted by Crippen LogP contribution is -2.25. The largest absolute Gasteiger partial charge is 0.490 e. The Balaban J connectivity index is 1.95. The highest BCUT2D eigenvalue weighted by Crippen LogP contribution is 2.13. The van der Waals surface area contributed by atoms with Gasteiger partial charge in [0.15, 0.2) is 0 Å². The molecule has 0 aliphatic heterocycles.